The van der Waals surface area contributed by atoms with Crippen molar-refractivity contribution in [2.75, 3.05) is 11.1 Å². The molecule has 5 aromatic rings. The molecular weight excluding hydrogens is 444 g/mol. The predicted molar refractivity (Wildman–Crippen MR) is 136 cm³/mol. The summed E-state index contributed by atoms with van der Waals surface area (Å²) < 4.78 is 1.93. The number of carbonyl (C=O) groups is 1. The van der Waals surface area contributed by atoms with Crippen molar-refractivity contribution < 1.29 is 9.90 Å². The highest BCUT2D eigenvalue weighted by molar-refractivity contribution is 7.99. The fourth-order valence-corrected chi connectivity index (χ4v) is 4.55. The van der Waals surface area contributed by atoms with E-state index in [1.54, 1.807) is 12.1 Å². The number of phenolic OH excluding ortho intramolecular Hbond substituents is 1. The van der Waals surface area contributed by atoms with Gasteiger partial charge in [-0.15, -0.1) is 10.2 Å². The highest BCUT2D eigenvalue weighted by Gasteiger charge is 2.18. The Morgan fingerprint density at radius 3 is 2.44 bits per heavy atom. The first kappa shape index (κ1) is 21.7. The number of para-hydroxylation sites is 1. The molecule has 0 radical (unpaired) electrons. The van der Waals surface area contributed by atoms with Crippen LogP contribution in [-0.4, -0.2) is 31.5 Å². The number of rotatable bonds is 7. The number of carbonyl (C=O) groups excluding carboxylic acids is 1. The number of nitrogens with zero attached hydrogens (tertiary/aromatic N) is 3. The third kappa shape index (κ3) is 4.65. The van der Waals surface area contributed by atoms with Gasteiger partial charge in [0.25, 0.3) is 0 Å². The Labute approximate surface area is 201 Å². The molecule has 0 aliphatic heterocycles. The number of phenols is 1. The van der Waals surface area contributed by atoms with Gasteiger partial charge in [0.05, 0.1) is 17.9 Å². The van der Waals surface area contributed by atoms with Crippen LogP contribution in [0.2, 0.25) is 0 Å². The molecule has 0 saturated heterocycles. The van der Waals surface area contributed by atoms with Gasteiger partial charge in [-0.1, -0.05) is 90.6 Å². The molecule has 0 aliphatic rings. The molecule has 168 valence electrons. The van der Waals surface area contributed by atoms with E-state index in [9.17, 15) is 9.90 Å². The molecule has 5 rings (SSSR count). The Morgan fingerprint density at radius 2 is 1.59 bits per heavy atom. The number of fused-ring (bicyclic) bond motifs is 1. The largest absolute Gasteiger partial charge is 0.507 e. The molecule has 4 aromatic carbocycles. The van der Waals surface area contributed by atoms with Gasteiger partial charge < -0.3 is 10.4 Å². The molecule has 2 N–H and O–H groups in total. The first-order chi connectivity index (χ1) is 16.7. The van der Waals surface area contributed by atoms with E-state index in [4.69, 9.17) is 0 Å². The Kier molecular flexibility index (Phi) is 6.27. The van der Waals surface area contributed by atoms with E-state index < -0.39 is 0 Å². The van der Waals surface area contributed by atoms with Crippen molar-refractivity contribution in [2.24, 2.45) is 0 Å². The fourth-order valence-electron chi connectivity index (χ4n) is 3.82. The number of aromatic nitrogens is 3. The van der Waals surface area contributed by atoms with E-state index in [1.165, 1.54) is 11.8 Å². The summed E-state index contributed by atoms with van der Waals surface area (Å²) in [4.78, 5) is 12.8. The normalized spacial score (nSPS) is 10.9. The number of hydrogen-bond acceptors (Lipinski definition) is 5. The maximum absolute atomic E-state index is 12.8. The summed E-state index contributed by atoms with van der Waals surface area (Å²) in [6.45, 7) is 0.519. The molecule has 34 heavy (non-hydrogen) atoms. The van der Waals surface area contributed by atoms with Gasteiger partial charge in [-0.2, -0.15) is 0 Å². The number of nitrogens with one attached hydrogen (secondary N) is 1. The van der Waals surface area contributed by atoms with Gasteiger partial charge in [0.2, 0.25) is 5.91 Å². The lowest BCUT2D eigenvalue weighted by atomic mass is 10.1. The highest BCUT2D eigenvalue weighted by Crippen LogP contribution is 2.31. The van der Waals surface area contributed by atoms with Crippen LogP contribution in [0.25, 0.3) is 22.2 Å². The van der Waals surface area contributed by atoms with Gasteiger partial charge in [0.1, 0.15) is 5.75 Å². The molecule has 0 atom stereocenters. The maximum atomic E-state index is 12.8. The van der Waals surface area contributed by atoms with Crippen LogP contribution < -0.4 is 5.32 Å². The molecule has 1 amide bonds. The monoisotopic (exact) mass is 466 g/mol. The fraction of sp³-hybridized carbons (Fsp3) is 0.0741. The number of thioether (sulfide) groups is 1. The molecular formula is C27H22N4O2S. The zero-order chi connectivity index (χ0) is 23.3. The van der Waals surface area contributed by atoms with Crippen molar-refractivity contribution in [2.45, 2.75) is 11.7 Å². The van der Waals surface area contributed by atoms with Gasteiger partial charge in [-0.05, 0) is 29.1 Å². The molecule has 7 heteroatoms. The summed E-state index contributed by atoms with van der Waals surface area (Å²) in [7, 11) is 0. The summed E-state index contributed by atoms with van der Waals surface area (Å²) in [5.74, 6) is 0.741. The van der Waals surface area contributed by atoms with E-state index >= 15 is 0 Å². The number of aromatic hydroxyl groups is 1. The Morgan fingerprint density at radius 1 is 0.853 bits per heavy atom. The van der Waals surface area contributed by atoms with E-state index in [2.05, 4.69) is 15.5 Å². The standard InChI is InChI=1S/C27H22N4O2S/c32-24-16-7-6-14-22(24)26-29-30-27(31(26)17-19-9-2-1-3-10-19)34-18-25(33)28-23-15-8-12-20-11-4-5-13-21(20)23/h1-16,32H,17-18H2,(H,28,33). The summed E-state index contributed by atoms with van der Waals surface area (Å²) >= 11 is 1.32. The third-order valence-corrected chi connectivity index (χ3v) is 6.41. The quantitative estimate of drug-likeness (QED) is 0.306. The van der Waals surface area contributed by atoms with E-state index in [1.807, 2.05) is 89.5 Å². The van der Waals surface area contributed by atoms with Crippen LogP contribution in [0.15, 0.2) is 102 Å². The molecule has 0 unspecified atom stereocenters. The summed E-state index contributed by atoms with van der Waals surface area (Å²) in [5.41, 5.74) is 2.45. The van der Waals surface area contributed by atoms with Crippen LogP contribution >= 0.6 is 11.8 Å². The molecule has 0 saturated carbocycles. The van der Waals surface area contributed by atoms with Gasteiger partial charge >= 0.3 is 0 Å². The van der Waals surface area contributed by atoms with Gasteiger partial charge in [-0.25, -0.2) is 0 Å². The number of benzene rings is 4. The van der Waals surface area contributed by atoms with Crippen LogP contribution in [0.4, 0.5) is 5.69 Å². The van der Waals surface area contributed by atoms with Crippen molar-refractivity contribution in [3.8, 4) is 17.1 Å². The molecule has 1 aromatic heterocycles. The zero-order valence-corrected chi connectivity index (χ0v) is 19.1. The van der Waals surface area contributed by atoms with Crippen LogP contribution in [0, 0.1) is 0 Å². The Balaban J connectivity index is 1.39. The van der Waals surface area contributed by atoms with Crippen LogP contribution in [0.3, 0.4) is 0 Å². The summed E-state index contributed by atoms with van der Waals surface area (Å²) in [6.07, 6.45) is 0. The molecule has 0 fully saturated rings. The lowest BCUT2D eigenvalue weighted by molar-refractivity contribution is -0.113. The molecule has 0 aliphatic carbocycles. The van der Waals surface area contributed by atoms with E-state index in [-0.39, 0.29) is 17.4 Å². The Bertz CT molecular complexity index is 1440. The SMILES string of the molecule is O=C(CSc1nnc(-c2ccccc2O)n1Cc1ccccc1)Nc1cccc2ccccc12. The van der Waals surface area contributed by atoms with Crippen LogP contribution in [-0.2, 0) is 11.3 Å². The first-order valence-electron chi connectivity index (χ1n) is 10.8. The molecule has 0 bridgehead atoms. The molecule has 0 spiro atoms. The van der Waals surface area contributed by atoms with E-state index in [0.717, 1.165) is 22.0 Å². The maximum Gasteiger partial charge on any atom is 0.234 e. The predicted octanol–water partition coefficient (Wildman–Crippen LogP) is 5.58. The van der Waals surface area contributed by atoms with Crippen molar-refractivity contribution in [1.29, 1.82) is 0 Å². The lowest BCUT2D eigenvalue weighted by Gasteiger charge is -2.12. The zero-order valence-electron chi connectivity index (χ0n) is 18.3. The topological polar surface area (TPSA) is 80.0 Å². The minimum atomic E-state index is -0.125. The lowest BCUT2D eigenvalue weighted by Crippen LogP contribution is -2.15. The van der Waals surface area contributed by atoms with Crippen LogP contribution in [0.1, 0.15) is 5.56 Å². The van der Waals surface area contributed by atoms with Crippen LogP contribution in [0.5, 0.6) is 5.75 Å². The highest BCUT2D eigenvalue weighted by atomic mass is 32.2. The minimum Gasteiger partial charge on any atom is -0.507 e. The second-order valence-electron chi connectivity index (χ2n) is 7.76. The second-order valence-corrected chi connectivity index (χ2v) is 8.70. The smallest absolute Gasteiger partial charge is 0.234 e. The Hall–Kier alpha value is -4.10. The second kappa shape index (κ2) is 9.80. The molecule has 6 nitrogen and oxygen atoms in total. The van der Waals surface area contributed by atoms with Crippen molar-refractivity contribution in [3.05, 3.63) is 103 Å². The summed E-state index contributed by atoms with van der Waals surface area (Å²) in [5, 5.41) is 24.8. The minimum absolute atomic E-state index is 0.125. The third-order valence-electron chi connectivity index (χ3n) is 5.44. The van der Waals surface area contributed by atoms with Crippen molar-refractivity contribution in [1.82, 2.24) is 14.8 Å². The van der Waals surface area contributed by atoms with Crippen molar-refractivity contribution in [3.63, 3.8) is 0 Å². The average molecular weight is 467 g/mol. The van der Waals surface area contributed by atoms with Gasteiger partial charge in [0.15, 0.2) is 11.0 Å². The molecule has 1 heterocycles. The number of hydrogen-bond donors (Lipinski definition) is 2. The van der Waals surface area contributed by atoms with Gasteiger partial charge in [0, 0.05) is 11.1 Å². The van der Waals surface area contributed by atoms with Gasteiger partial charge in [-0.3, -0.25) is 9.36 Å². The first-order valence-corrected chi connectivity index (χ1v) is 11.8. The van der Waals surface area contributed by atoms with E-state index in [0.29, 0.717) is 23.1 Å². The number of anilines is 1. The average Bonchev–Trinajstić information content (AvgIpc) is 3.26. The van der Waals surface area contributed by atoms with Crippen molar-refractivity contribution >= 4 is 34.1 Å². The summed E-state index contributed by atoms with van der Waals surface area (Å²) in [6, 6.07) is 30.8. The number of amides is 1.